The highest BCUT2D eigenvalue weighted by molar-refractivity contribution is 6.31. The molecule has 1 aromatic heterocycles. The zero-order valence-electron chi connectivity index (χ0n) is 15.8. The van der Waals surface area contributed by atoms with Crippen LogP contribution in [0.15, 0.2) is 24.5 Å². The molecule has 1 aliphatic heterocycles. The standard InChI is InChI=1S/C19H24ClN5O2/c1-4-24-5-7-25(8-6-24)19(26)16-11-22-18(12-21-16)23-15-9-13(2)14(20)10-17(15)27-3/h9-12H,4-8H2,1-3H3,(H,22,23). The lowest BCUT2D eigenvalue weighted by atomic mass is 10.2. The molecule has 0 aliphatic carbocycles. The van der Waals surface area contributed by atoms with E-state index < -0.39 is 0 Å². The molecule has 27 heavy (non-hydrogen) atoms. The van der Waals surface area contributed by atoms with Crippen molar-refractivity contribution in [2.45, 2.75) is 13.8 Å². The highest BCUT2D eigenvalue weighted by atomic mass is 35.5. The topological polar surface area (TPSA) is 70.6 Å². The Morgan fingerprint density at radius 3 is 2.56 bits per heavy atom. The molecule has 2 heterocycles. The average Bonchev–Trinajstić information content (AvgIpc) is 2.70. The molecule has 0 bridgehead atoms. The Hall–Kier alpha value is -2.38. The molecular formula is C19H24ClN5O2. The number of rotatable bonds is 5. The van der Waals surface area contributed by atoms with Gasteiger partial charge < -0.3 is 19.9 Å². The molecule has 1 amide bonds. The van der Waals surface area contributed by atoms with E-state index >= 15 is 0 Å². The number of methoxy groups -OCH3 is 1. The Morgan fingerprint density at radius 1 is 1.22 bits per heavy atom. The molecule has 7 nitrogen and oxygen atoms in total. The van der Waals surface area contributed by atoms with Gasteiger partial charge in [-0.2, -0.15) is 0 Å². The van der Waals surface area contributed by atoms with E-state index in [2.05, 4.69) is 27.1 Å². The van der Waals surface area contributed by atoms with Gasteiger partial charge in [0, 0.05) is 37.3 Å². The van der Waals surface area contributed by atoms with Crippen molar-refractivity contribution >= 4 is 29.0 Å². The fourth-order valence-electron chi connectivity index (χ4n) is 3.00. The number of carbonyl (C=O) groups is 1. The van der Waals surface area contributed by atoms with Crippen molar-refractivity contribution in [2.24, 2.45) is 0 Å². The summed E-state index contributed by atoms with van der Waals surface area (Å²) >= 11 is 6.13. The van der Waals surface area contributed by atoms with Gasteiger partial charge in [-0.05, 0) is 25.1 Å². The number of likely N-dealkylation sites (N-methyl/N-ethyl adjacent to an activating group) is 1. The number of benzene rings is 1. The third-order valence-electron chi connectivity index (χ3n) is 4.72. The summed E-state index contributed by atoms with van der Waals surface area (Å²) in [5.41, 5.74) is 2.01. The van der Waals surface area contributed by atoms with E-state index in [0.29, 0.717) is 22.3 Å². The predicted molar refractivity (Wildman–Crippen MR) is 106 cm³/mol. The first-order chi connectivity index (χ1) is 13.0. The van der Waals surface area contributed by atoms with Gasteiger partial charge in [0.2, 0.25) is 0 Å². The van der Waals surface area contributed by atoms with Crippen LogP contribution in [0.2, 0.25) is 5.02 Å². The smallest absolute Gasteiger partial charge is 0.274 e. The van der Waals surface area contributed by atoms with Gasteiger partial charge in [0.25, 0.3) is 5.91 Å². The summed E-state index contributed by atoms with van der Waals surface area (Å²) < 4.78 is 5.35. The SMILES string of the molecule is CCN1CCN(C(=O)c2cnc(Nc3cc(C)c(Cl)cc3OC)cn2)CC1. The Labute approximate surface area is 164 Å². The van der Waals surface area contributed by atoms with Crippen LogP contribution in [0.1, 0.15) is 23.0 Å². The van der Waals surface area contributed by atoms with Crippen molar-refractivity contribution in [3.05, 3.63) is 40.8 Å². The van der Waals surface area contributed by atoms with Gasteiger partial charge in [-0.3, -0.25) is 4.79 Å². The molecule has 1 N–H and O–H groups in total. The third-order valence-corrected chi connectivity index (χ3v) is 5.13. The summed E-state index contributed by atoms with van der Waals surface area (Å²) in [5.74, 6) is 1.06. The van der Waals surface area contributed by atoms with Gasteiger partial charge in [0.05, 0.1) is 25.2 Å². The summed E-state index contributed by atoms with van der Waals surface area (Å²) in [6.45, 7) is 8.28. The van der Waals surface area contributed by atoms with Crippen LogP contribution in [0.25, 0.3) is 0 Å². The number of hydrogen-bond acceptors (Lipinski definition) is 6. The lowest BCUT2D eigenvalue weighted by molar-refractivity contribution is 0.0637. The van der Waals surface area contributed by atoms with Crippen LogP contribution in [0.3, 0.4) is 0 Å². The highest BCUT2D eigenvalue weighted by Crippen LogP contribution is 2.32. The molecule has 0 atom stereocenters. The molecule has 0 radical (unpaired) electrons. The lowest BCUT2D eigenvalue weighted by Crippen LogP contribution is -2.48. The van der Waals surface area contributed by atoms with Crippen LogP contribution >= 0.6 is 11.6 Å². The zero-order chi connectivity index (χ0) is 19.4. The summed E-state index contributed by atoms with van der Waals surface area (Å²) in [7, 11) is 1.58. The number of carbonyl (C=O) groups excluding carboxylic acids is 1. The van der Waals surface area contributed by atoms with Gasteiger partial charge in [-0.1, -0.05) is 18.5 Å². The minimum Gasteiger partial charge on any atom is -0.495 e. The normalized spacial score (nSPS) is 14.9. The number of ether oxygens (including phenoxy) is 1. The zero-order valence-corrected chi connectivity index (χ0v) is 16.6. The number of piperazine rings is 1. The van der Waals surface area contributed by atoms with Crippen molar-refractivity contribution in [1.29, 1.82) is 0 Å². The van der Waals surface area contributed by atoms with Gasteiger partial charge in [-0.15, -0.1) is 0 Å². The highest BCUT2D eigenvalue weighted by Gasteiger charge is 2.22. The predicted octanol–water partition coefficient (Wildman–Crippen LogP) is 2.97. The Morgan fingerprint density at radius 2 is 1.96 bits per heavy atom. The first kappa shape index (κ1) is 19.4. The van der Waals surface area contributed by atoms with Crippen LogP contribution in [0.5, 0.6) is 5.75 Å². The number of nitrogens with zero attached hydrogens (tertiary/aromatic N) is 4. The number of aromatic nitrogens is 2. The molecular weight excluding hydrogens is 366 g/mol. The number of nitrogens with one attached hydrogen (secondary N) is 1. The first-order valence-corrected chi connectivity index (χ1v) is 9.34. The van der Waals surface area contributed by atoms with Crippen LogP contribution in [-0.4, -0.2) is 65.5 Å². The van der Waals surface area contributed by atoms with Crippen LogP contribution < -0.4 is 10.1 Å². The van der Waals surface area contributed by atoms with Crippen molar-refractivity contribution < 1.29 is 9.53 Å². The molecule has 0 unspecified atom stereocenters. The van der Waals surface area contributed by atoms with Crippen molar-refractivity contribution in [3.8, 4) is 5.75 Å². The van der Waals surface area contributed by atoms with Gasteiger partial charge in [0.15, 0.2) is 0 Å². The Balaban J connectivity index is 1.69. The summed E-state index contributed by atoms with van der Waals surface area (Å²) in [6.07, 6.45) is 3.06. The van der Waals surface area contributed by atoms with Crippen LogP contribution in [-0.2, 0) is 0 Å². The molecule has 0 spiro atoms. The molecule has 144 valence electrons. The number of hydrogen-bond donors (Lipinski definition) is 1. The molecule has 1 fully saturated rings. The van der Waals surface area contributed by atoms with E-state index in [0.717, 1.165) is 44.0 Å². The second-order valence-electron chi connectivity index (χ2n) is 6.44. The van der Waals surface area contributed by atoms with E-state index in [-0.39, 0.29) is 5.91 Å². The number of aryl methyl sites for hydroxylation is 1. The molecule has 8 heteroatoms. The van der Waals surface area contributed by atoms with E-state index in [1.54, 1.807) is 19.4 Å². The van der Waals surface area contributed by atoms with E-state index in [1.807, 2.05) is 17.9 Å². The number of anilines is 2. The minimum absolute atomic E-state index is 0.0790. The van der Waals surface area contributed by atoms with Crippen molar-refractivity contribution in [3.63, 3.8) is 0 Å². The van der Waals surface area contributed by atoms with E-state index in [1.165, 1.54) is 6.20 Å². The molecule has 3 rings (SSSR count). The monoisotopic (exact) mass is 389 g/mol. The quantitative estimate of drug-likeness (QED) is 0.847. The fraction of sp³-hybridized carbons (Fsp3) is 0.421. The van der Waals surface area contributed by atoms with E-state index in [4.69, 9.17) is 16.3 Å². The summed E-state index contributed by atoms with van der Waals surface area (Å²) in [6, 6.07) is 3.63. The Kier molecular flexibility index (Phi) is 6.13. The molecule has 1 aromatic carbocycles. The van der Waals surface area contributed by atoms with Gasteiger partial charge in [-0.25, -0.2) is 9.97 Å². The Bertz CT molecular complexity index is 804. The molecule has 2 aromatic rings. The average molecular weight is 390 g/mol. The third kappa shape index (κ3) is 4.48. The summed E-state index contributed by atoms with van der Waals surface area (Å²) in [4.78, 5) is 25.4. The van der Waals surface area contributed by atoms with Crippen molar-refractivity contribution in [1.82, 2.24) is 19.8 Å². The first-order valence-electron chi connectivity index (χ1n) is 8.96. The van der Waals surface area contributed by atoms with E-state index in [9.17, 15) is 4.79 Å². The maximum Gasteiger partial charge on any atom is 0.274 e. The van der Waals surface area contributed by atoms with Crippen molar-refractivity contribution in [2.75, 3.05) is 45.2 Å². The second-order valence-corrected chi connectivity index (χ2v) is 6.85. The molecule has 0 saturated carbocycles. The second kappa shape index (κ2) is 8.54. The van der Waals surface area contributed by atoms with Crippen LogP contribution in [0, 0.1) is 6.92 Å². The maximum absolute atomic E-state index is 12.6. The molecule has 1 aliphatic rings. The largest absolute Gasteiger partial charge is 0.495 e. The molecule has 1 saturated heterocycles. The fourth-order valence-corrected chi connectivity index (χ4v) is 3.15. The maximum atomic E-state index is 12.6. The lowest BCUT2D eigenvalue weighted by Gasteiger charge is -2.33. The van der Waals surface area contributed by atoms with Gasteiger partial charge in [0.1, 0.15) is 17.3 Å². The van der Waals surface area contributed by atoms with Crippen LogP contribution in [0.4, 0.5) is 11.5 Å². The summed E-state index contributed by atoms with van der Waals surface area (Å²) in [5, 5.41) is 3.79. The van der Waals surface area contributed by atoms with Gasteiger partial charge >= 0.3 is 0 Å². The number of amides is 1. The minimum atomic E-state index is -0.0790. The number of halogens is 1.